The molecule has 1 aromatic heterocycles. The second-order valence-electron chi connectivity index (χ2n) is 4.44. The minimum Gasteiger partial charge on any atom is -0.477 e. The highest BCUT2D eigenvalue weighted by atomic mass is 16.5. The van der Waals surface area contributed by atoms with Gasteiger partial charge in [0.25, 0.3) is 5.91 Å². The fourth-order valence-corrected chi connectivity index (χ4v) is 1.33. The van der Waals surface area contributed by atoms with Crippen LogP contribution in [0.5, 0.6) is 0 Å². The highest BCUT2D eigenvalue weighted by molar-refractivity contribution is 5.94. The molecule has 0 aromatic carbocycles. The molecule has 6 nitrogen and oxygen atoms in total. The van der Waals surface area contributed by atoms with Gasteiger partial charge < -0.3 is 15.2 Å². The normalized spacial score (nSPS) is 10.5. The fourth-order valence-electron chi connectivity index (χ4n) is 1.33. The molecule has 0 bridgehead atoms. The molecule has 2 N–H and O–H groups in total. The largest absolute Gasteiger partial charge is 0.477 e. The van der Waals surface area contributed by atoms with E-state index in [0.29, 0.717) is 25.7 Å². The summed E-state index contributed by atoms with van der Waals surface area (Å²) in [6.45, 7) is 5.51. The average Bonchev–Trinajstić information content (AvgIpc) is 2.37. The van der Waals surface area contributed by atoms with Gasteiger partial charge in [0.1, 0.15) is 11.4 Å². The summed E-state index contributed by atoms with van der Waals surface area (Å²) in [4.78, 5) is 26.2. The smallest absolute Gasteiger partial charge is 0.354 e. The lowest BCUT2D eigenvalue weighted by atomic mass is 10.2. The predicted octanol–water partition coefficient (Wildman–Crippen LogP) is 1.18. The first-order chi connectivity index (χ1) is 9.00. The molecule has 0 unspecified atom stereocenters. The van der Waals surface area contributed by atoms with E-state index in [9.17, 15) is 9.59 Å². The minimum atomic E-state index is -1.16. The summed E-state index contributed by atoms with van der Waals surface area (Å²) in [7, 11) is 0. The Balaban J connectivity index is 2.41. The molecule has 0 aliphatic heterocycles. The molecule has 1 amide bonds. The summed E-state index contributed by atoms with van der Waals surface area (Å²) in [6.07, 6.45) is 0. The standard InChI is InChI=1S/C13H18N2O4/c1-9(2)8-19-7-6-14-12(16)10-4-3-5-11(15-10)13(17)18/h3-5,9H,6-8H2,1-2H3,(H,14,16)(H,17,18). The number of nitrogens with one attached hydrogen (secondary N) is 1. The molecule has 0 aliphatic carbocycles. The van der Waals surface area contributed by atoms with Crippen molar-refractivity contribution in [3.63, 3.8) is 0 Å². The molecule has 0 radical (unpaired) electrons. The van der Waals surface area contributed by atoms with Crippen LogP contribution in [0.15, 0.2) is 18.2 Å². The van der Waals surface area contributed by atoms with Crippen LogP contribution in [0, 0.1) is 5.92 Å². The van der Waals surface area contributed by atoms with E-state index in [2.05, 4.69) is 10.3 Å². The highest BCUT2D eigenvalue weighted by Crippen LogP contribution is 1.99. The fraction of sp³-hybridized carbons (Fsp3) is 0.462. The van der Waals surface area contributed by atoms with Crippen LogP contribution in [-0.2, 0) is 4.74 Å². The molecule has 0 fully saturated rings. The number of aromatic nitrogens is 1. The first kappa shape index (κ1) is 15.1. The third-order valence-corrected chi connectivity index (χ3v) is 2.18. The van der Waals surface area contributed by atoms with Gasteiger partial charge in [-0.25, -0.2) is 9.78 Å². The monoisotopic (exact) mass is 266 g/mol. The number of ether oxygens (including phenoxy) is 1. The molecule has 0 spiro atoms. The molecule has 6 heteroatoms. The van der Waals surface area contributed by atoms with E-state index in [1.54, 1.807) is 0 Å². The molecule has 104 valence electrons. The van der Waals surface area contributed by atoms with Crippen molar-refractivity contribution >= 4 is 11.9 Å². The molecule has 1 heterocycles. The van der Waals surface area contributed by atoms with Gasteiger partial charge in [-0.05, 0) is 18.1 Å². The van der Waals surface area contributed by atoms with Gasteiger partial charge in [-0.3, -0.25) is 4.79 Å². The second kappa shape index (κ2) is 7.48. The maximum atomic E-state index is 11.7. The molecule has 19 heavy (non-hydrogen) atoms. The lowest BCUT2D eigenvalue weighted by Gasteiger charge is -2.08. The Labute approximate surface area is 111 Å². The van der Waals surface area contributed by atoms with E-state index < -0.39 is 11.9 Å². The van der Waals surface area contributed by atoms with Crippen LogP contribution in [0.3, 0.4) is 0 Å². The topological polar surface area (TPSA) is 88.5 Å². The molecular weight excluding hydrogens is 248 g/mol. The summed E-state index contributed by atoms with van der Waals surface area (Å²) in [5.41, 5.74) is -0.0625. The maximum Gasteiger partial charge on any atom is 0.354 e. The number of carboxylic acid groups (broad SMARTS) is 1. The Bertz CT molecular complexity index is 446. The van der Waals surface area contributed by atoms with Crippen molar-refractivity contribution in [2.24, 2.45) is 5.92 Å². The van der Waals surface area contributed by atoms with E-state index >= 15 is 0 Å². The lowest BCUT2D eigenvalue weighted by Crippen LogP contribution is -2.28. The summed E-state index contributed by atoms with van der Waals surface area (Å²) < 4.78 is 5.31. The summed E-state index contributed by atoms with van der Waals surface area (Å²) in [6, 6.07) is 4.29. The zero-order valence-corrected chi connectivity index (χ0v) is 11.0. The van der Waals surface area contributed by atoms with Crippen molar-refractivity contribution in [1.29, 1.82) is 0 Å². The van der Waals surface area contributed by atoms with Crippen LogP contribution in [0.1, 0.15) is 34.8 Å². The molecule has 0 aliphatic rings. The van der Waals surface area contributed by atoms with Gasteiger partial charge >= 0.3 is 5.97 Å². The van der Waals surface area contributed by atoms with Crippen LogP contribution in [0.4, 0.5) is 0 Å². The van der Waals surface area contributed by atoms with E-state index in [-0.39, 0.29) is 11.4 Å². The third kappa shape index (κ3) is 5.48. The SMILES string of the molecule is CC(C)COCCNC(=O)c1cccc(C(=O)O)n1. The lowest BCUT2D eigenvalue weighted by molar-refractivity contribution is 0.0690. The number of nitrogens with zero attached hydrogens (tertiary/aromatic N) is 1. The number of carboxylic acids is 1. The van der Waals surface area contributed by atoms with E-state index in [1.165, 1.54) is 18.2 Å². The number of rotatable bonds is 7. The molecule has 0 atom stereocenters. The van der Waals surface area contributed by atoms with E-state index in [0.717, 1.165) is 0 Å². The summed E-state index contributed by atoms with van der Waals surface area (Å²) in [5.74, 6) is -1.12. The van der Waals surface area contributed by atoms with Crippen molar-refractivity contribution < 1.29 is 19.4 Å². The van der Waals surface area contributed by atoms with E-state index in [1.807, 2.05) is 13.8 Å². The van der Waals surface area contributed by atoms with Crippen molar-refractivity contribution in [2.75, 3.05) is 19.8 Å². The maximum absolute atomic E-state index is 11.7. The summed E-state index contributed by atoms with van der Waals surface area (Å²) >= 11 is 0. The van der Waals surface area contributed by atoms with Crippen LogP contribution < -0.4 is 5.32 Å². The average molecular weight is 266 g/mol. The number of carbonyl (C=O) groups is 2. The zero-order chi connectivity index (χ0) is 14.3. The Morgan fingerprint density at radius 1 is 1.37 bits per heavy atom. The van der Waals surface area contributed by atoms with E-state index in [4.69, 9.17) is 9.84 Å². The van der Waals surface area contributed by atoms with Gasteiger partial charge in [0.05, 0.1) is 6.61 Å². The van der Waals surface area contributed by atoms with Gasteiger partial charge in [0.2, 0.25) is 0 Å². The van der Waals surface area contributed by atoms with Crippen molar-refractivity contribution in [2.45, 2.75) is 13.8 Å². The zero-order valence-electron chi connectivity index (χ0n) is 11.0. The first-order valence-corrected chi connectivity index (χ1v) is 6.07. The molecule has 0 saturated carbocycles. The van der Waals surface area contributed by atoms with Gasteiger partial charge in [-0.1, -0.05) is 19.9 Å². The number of amides is 1. The van der Waals surface area contributed by atoms with Crippen molar-refractivity contribution in [3.8, 4) is 0 Å². The Morgan fingerprint density at radius 3 is 2.68 bits per heavy atom. The molecule has 1 rings (SSSR count). The second-order valence-corrected chi connectivity index (χ2v) is 4.44. The molecular formula is C13H18N2O4. The number of carbonyl (C=O) groups excluding carboxylic acids is 1. The highest BCUT2D eigenvalue weighted by Gasteiger charge is 2.10. The van der Waals surface area contributed by atoms with Crippen molar-refractivity contribution in [3.05, 3.63) is 29.6 Å². The third-order valence-electron chi connectivity index (χ3n) is 2.18. The quantitative estimate of drug-likeness (QED) is 0.723. The Hall–Kier alpha value is -1.95. The number of aromatic carboxylic acids is 1. The van der Waals surface area contributed by atoms with Gasteiger partial charge in [0.15, 0.2) is 0 Å². The van der Waals surface area contributed by atoms with Gasteiger partial charge in [0, 0.05) is 13.2 Å². The Morgan fingerprint density at radius 2 is 2.05 bits per heavy atom. The number of hydrogen-bond donors (Lipinski definition) is 2. The van der Waals surface area contributed by atoms with Crippen LogP contribution in [-0.4, -0.2) is 41.7 Å². The Kier molecular flexibility index (Phi) is 5.95. The van der Waals surface area contributed by atoms with Crippen LogP contribution in [0.25, 0.3) is 0 Å². The van der Waals surface area contributed by atoms with Crippen molar-refractivity contribution in [1.82, 2.24) is 10.3 Å². The predicted molar refractivity (Wildman–Crippen MR) is 69.2 cm³/mol. The molecule has 0 saturated heterocycles. The minimum absolute atomic E-state index is 0.0868. The number of hydrogen-bond acceptors (Lipinski definition) is 4. The van der Waals surface area contributed by atoms with Crippen LogP contribution in [0.2, 0.25) is 0 Å². The number of pyridine rings is 1. The first-order valence-electron chi connectivity index (χ1n) is 6.07. The van der Waals surface area contributed by atoms with Gasteiger partial charge in [-0.2, -0.15) is 0 Å². The van der Waals surface area contributed by atoms with Gasteiger partial charge in [-0.15, -0.1) is 0 Å². The molecule has 1 aromatic rings. The van der Waals surface area contributed by atoms with Crippen LogP contribution >= 0.6 is 0 Å². The summed E-state index contributed by atoms with van der Waals surface area (Å²) in [5, 5.41) is 11.4.